The molecule has 2 heteroatoms. The van der Waals surface area contributed by atoms with Crippen LogP contribution in [0.15, 0.2) is 24.3 Å². The number of rotatable bonds is 1. The van der Waals surface area contributed by atoms with Gasteiger partial charge in [-0.25, -0.2) is 0 Å². The van der Waals surface area contributed by atoms with Crippen LogP contribution in [0.3, 0.4) is 0 Å². The Hall–Kier alpha value is -0.380. The summed E-state index contributed by atoms with van der Waals surface area (Å²) in [6.45, 7) is 0. The molecule has 0 bridgehead atoms. The van der Waals surface area contributed by atoms with Gasteiger partial charge < -0.3 is 0 Å². The minimum atomic E-state index is 0.181. The first-order valence-corrected chi connectivity index (χ1v) is 6.13. The van der Waals surface area contributed by atoms with Gasteiger partial charge in [0.2, 0.25) is 0 Å². The molecule has 0 aliphatic heterocycles. The number of carbonyl (C=O) groups is 1. The molecule has 0 N–H and O–H groups in total. The summed E-state index contributed by atoms with van der Waals surface area (Å²) in [4.78, 5) is 11.7. The van der Waals surface area contributed by atoms with Gasteiger partial charge in [-0.15, -0.1) is 0 Å². The van der Waals surface area contributed by atoms with Crippen molar-refractivity contribution in [2.45, 2.75) is 31.6 Å². The van der Waals surface area contributed by atoms with Crippen LogP contribution in [0.5, 0.6) is 0 Å². The number of hydrogen-bond donors (Lipinski definition) is 0. The average molecular weight is 300 g/mol. The quantitative estimate of drug-likeness (QED) is 0.725. The monoisotopic (exact) mass is 300 g/mol. The van der Waals surface area contributed by atoms with Gasteiger partial charge in [0.1, 0.15) is 5.78 Å². The van der Waals surface area contributed by atoms with Crippen LogP contribution in [0.4, 0.5) is 0 Å². The maximum atomic E-state index is 11.7. The largest absolute Gasteiger partial charge is 0.299 e. The van der Waals surface area contributed by atoms with E-state index in [1.807, 2.05) is 0 Å². The van der Waals surface area contributed by atoms with E-state index >= 15 is 0 Å². The molecule has 1 aromatic carbocycles. The zero-order valence-corrected chi connectivity index (χ0v) is 10.2. The number of carbonyl (C=O) groups excluding carboxylic acids is 1. The molecule has 0 heterocycles. The van der Waals surface area contributed by atoms with Gasteiger partial charge >= 0.3 is 0 Å². The Kier molecular flexibility index (Phi) is 3.21. The highest BCUT2D eigenvalue weighted by atomic mass is 127. The van der Waals surface area contributed by atoms with Gasteiger partial charge in [-0.05, 0) is 53.1 Å². The molecule has 0 radical (unpaired) electrons. The predicted molar refractivity (Wildman–Crippen MR) is 65.4 cm³/mol. The summed E-state index contributed by atoms with van der Waals surface area (Å²) >= 11 is 2.29. The second kappa shape index (κ2) is 4.43. The topological polar surface area (TPSA) is 17.1 Å². The lowest BCUT2D eigenvalue weighted by Crippen LogP contribution is -2.16. The zero-order chi connectivity index (χ0) is 9.97. The molecule has 0 aromatic heterocycles. The fourth-order valence-electron chi connectivity index (χ4n) is 2.03. The number of Topliss-reactive ketones (excluding diaryl/α,β-unsaturated/α-hetero) is 1. The molecule has 14 heavy (non-hydrogen) atoms. The summed E-state index contributed by atoms with van der Waals surface area (Å²) in [5.41, 5.74) is 1.20. The van der Waals surface area contributed by atoms with Gasteiger partial charge in [-0.3, -0.25) is 4.79 Å². The van der Waals surface area contributed by atoms with Crippen molar-refractivity contribution in [3.8, 4) is 0 Å². The van der Waals surface area contributed by atoms with E-state index < -0.39 is 0 Å². The Balaban J connectivity index is 2.20. The summed E-state index contributed by atoms with van der Waals surface area (Å²) in [6, 6.07) is 8.35. The van der Waals surface area contributed by atoms with Crippen LogP contribution < -0.4 is 0 Å². The second-order valence-corrected chi connectivity index (χ2v) is 5.06. The number of halogens is 1. The molecule has 0 amide bonds. The lowest BCUT2D eigenvalue weighted by molar-refractivity contribution is -0.121. The van der Waals surface area contributed by atoms with Crippen LogP contribution in [0.2, 0.25) is 0 Å². The molecule has 2 rings (SSSR count). The Morgan fingerprint density at radius 1 is 1.14 bits per heavy atom. The van der Waals surface area contributed by atoms with Crippen LogP contribution in [-0.4, -0.2) is 5.78 Å². The predicted octanol–water partition coefficient (Wildman–Crippen LogP) is 3.52. The van der Waals surface area contributed by atoms with E-state index in [1.165, 1.54) is 15.6 Å². The smallest absolute Gasteiger partial charge is 0.140 e. The van der Waals surface area contributed by atoms with E-state index in [9.17, 15) is 4.79 Å². The van der Waals surface area contributed by atoms with E-state index in [2.05, 4.69) is 46.9 Å². The Morgan fingerprint density at radius 3 is 2.50 bits per heavy atom. The third-order valence-electron chi connectivity index (χ3n) is 2.83. The first kappa shape index (κ1) is 10.1. The normalized spacial score (nSPS) is 22.4. The molecule has 1 aliphatic rings. The van der Waals surface area contributed by atoms with E-state index in [1.54, 1.807) is 0 Å². The second-order valence-electron chi connectivity index (χ2n) is 3.82. The molecule has 1 aromatic rings. The highest BCUT2D eigenvalue weighted by Crippen LogP contribution is 2.29. The van der Waals surface area contributed by atoms with Crippen LogP contribution in [0.25, 0.3) is 0 Å². The fourth-order valence-corrected chi connectivity index (χ4v) is 2.39. The van der Waals surface area contributed by atoms with Crippen molar-refractivity contribution in [3.63, 3.8) is 0 Å². The van der Waals surface area contributed by atoms with Crippen molar-refractivity contribution < 1.29 is 4.79 Å². The summed E-state index contributed by atoms with van der Waals surface area (Å²) in [6.07, 6.45) is 4.10. The Bertz CT molecular complexity index is 329. The molecule has 1 saturated carbocycles. The maximum absolute atomic E-state index is 11.7. The molecule has 0 saturated heterocycles. The third kappa shape index (κ3) is 2.16. The van der Waals surface area contributed by atoms with Gasteiger partial charge in [0.25, 0.3) is 0 Å². The van der Waals surface area contributed by atoms with Crippen molar-refractivity contribution in [2.75, 3.05) is 0 Å². The molecule has 1 nitrogen and oxygen atoms in total. The van der Waals surface area contributed by atoms with E-state index in [-0.39, 0.29) is 5.92 Å². The Morgan fingerprint density at radius 2 is 1.86 bits per heavy atom. The number of ketones is 1. The first-order chi connectivity index (χ1) is 6.77. The maximum Gasteiger partial charge on any atom is 0.140 e. The summed E-state index contributed by atoms with van der Waals surface area (Å²) in [5, 5.41) is 0. The molecule has 1 unspecified atom stereocenters. The average Bonchev–Trinajstić information content (AvgIpc) is 2.20. The van der Waals surface area contributed by atoms with Crippen molar-refractivity contribution in [2.24, 2.45) is 0 Å². The van der Waals surface area contributed by atoms with Crippen LogP contribution in [-0.2, 0) is 4.79 Å². The fraction of sp³-hybridized carbons (Fsp3) is 0.417. The van der Waals surface area contributed by atoms with Crippen molar-refractivity contribution >= 4 is 28.4 Å². The molecular formula is C12H13IO. The summed E-state index contributed by atoms with van der Waals surface area (Å²) in [7, 11) is 0. The Labute approximate surface area is 98.0 Å². The van der Waals surface area contributed by atoms with Gasteiger partial charge in [-0.1, -0.05) is 18.6 Å². The first-order valence-electron chi connectivity index (χ1n) is 5.05. The number of benzene rings is 1. The lowest BCUT2D eigenvalue weighted by Gasteiger charge is -2.20. The van der Waals surface area contributed by atoms with Crippen molar-refractivity contribution in [3.05, 3.63) is 33.4 Å². The highest BCUT2D eigenvalue weighted by Gasteiger charge is 2.23. The molecule has 74 valence electrons. The molecule has 1 atom stereocenters. The zero-order valence-electron chi connectivity index (χ0n) is 8.00. The lowest BCUT2D eigenvalue weighted by atomic mass is 9.83. The minimum absolute atomic E-state index is 0.181. The minimum Gasteiger partial charge on any atom is -0.299 e. The molecular weight excluding hydrogens is 287 g/mol. The standard InChI is InChI=1S/C12H13IO/c13-10-7-5-9(6-8-10)11-3-1-2-4-12(11)14/h5-8,11H,1-4H2. The van der Waals surface area contributed by atoms with E-state index in [0.717, 1.165) is 19.3 Å². The third-order valence-corrected chi connectivity index (χ3v) is 3.55. The highest BCUT2D eigenvalue weighted by molar-refractivity contribution is 14.1. The summed E-state index contributed by atoms with van der Waals surface area (Å²) < 4.78 is 1.23. The molecule has 1 fully saturated rings. The number of hydrogen-bond acceptors (Lipinski definition) is 1. The van der Waals surface area contributed by atoms with Crippen molar-refractivity contribution in [1.29, 1.82) is 0 Å². The summed E-state index contributed by atoms with van der Waals surface area (Å²) in [5.74, 6) is 0.609. The molecule has 0 spiro atoms. The van der Waals surface area contributed by atoms with Gasteiger partial charge in [0, 0.05) is 15.9 Å². The van der Waals surface area contributed by atoms with Gasteiger partial charge in [0.15, 0.2) is 0 Å². The van der Waals surface area contributed by atoms with Gasteiger partial charge in [-0.2, -0.15) is 0 Å². The van der Waals surface area contributed by atoms with E-state index in [0.29, 0.717) is 5.78 Å². The van der Waals surface area contributed by atoms with Crippen molar-refractivity contribution in [1.82, 2.24) is 0 Å². The van der Waals surface area contributed by atoms with Gasteiger partial charge in [0.05, 0.1) is 0 Å². The van der Waals surface area contributed by atoms with Crippen LogP contribution >= 0.6 is 22.6 Å². The van der Waals surface area contributed by atoms with Crippen LogP contribution in [0, 0.1) is 3.57 Å². The van der Waals surface area contributed by atoms with Crippen LogP contribution in [0.1, 0.15) is 37.2 Å². The SMILES string of the molecule is O=C1CCCCC1c1ccc(I)cc1. The molecule has 1 aliphatic carbocycles. The van der Waals surface area contributed by atoms with E-state index in [4.69, 9.17) is 0 Å².